The summed E-state index contributed by atoms with van der Waals surface area (Å²) in [4.78, 5) is 0. The van der Waals surface area contributed by atoms with E-state index < -0.39 is 48.6 Å². The molecule has 0 amide bonds. The molecule has 2 N–H and O–H groups in total. The Balaban J connectivity index is 2.96. The van der Waals surface area contributed by atoms with Crippen molar-refractivity contribution in [2.24, 2.45) is 0 Å². The molecule has 1 rings (SSSR count). The topological polar surface area (TPSA) is 101 Å². The van der Waals surface area contributed by atoms with Gasteiger partial charge in [0.05, 0.1) is 22.2 Å². The normalized spacial score (nSPS) is 12.4. The first kappa shape index (κ1) is 16.0. The molecule has 0 saturated heterocycles. The summed E-state index contributed by atoms with van der Waals surface area (Å²) >= 11 is 5.48. The molecule has 6 nitrogen and oxygen atoms in total. The molecule has 19 heavy (non-hydrogen) atoms. The van der Waals surface area contributed by atoms with Crippen LogP contribution < -0.4 is 4.72 Å². The fourth-order valence-corrected chi connectivity index (χ4v) is 4.01. The van der Waals surface area contributed by atoms with Crippen LogP contribution in [-0.4, -0.2) is 39.7 Å². The van der Waals surface area contributed by atoms with Crippen molar-refractivity contribution < 1.29 is 26.3 Å². The highest BCUT2D eigenvalue weighted by molar-refractivity contribution is 7.95. The van der Waals surface area contributed by atoms with Gasteiger partial charge < -0.3 is 5.11 Å². The number of rotatable bonds is 5. The van der Waals surface area contributed by atoms with E-state index in [2.05, 4.69) is 0 Å². The van der Waals surface area contributed by atoms with Gasteiger partial charge in [0.1, 0.15) is 15.7 Å². The minimum atomic E-state index is -4.04. The summed E-state index contributed by atoms with van der Waals surface area (Å²) in [5.41, 5.74) is -0.446. The number of anilines is 1. The predicted molar refractivity (Wildman–Crippen MR) is 70.2 cm³/mol. The standard InChI is InChI=1S/C9H11ClFNO5S2/c1-18(14,15)2-3-19(16,17)12-8-5-6(11)4-7(10)9(8)13/h4-5,12-13H,2-3H2,1H3. The number of phenols is 1. The molecule has 0 saturated carbocycles. The van der Waals surface area contributed by atoms with E-state index in [1.54, 1.807) is 0 Å². The number of benzene rings is 1. The van der Waals surface area contributed by atoms with E-state index in [-0.39, 0.29) is 5.02 Å². The Morgan fingerprint density at radius 1 is 1.26 bits per heavy atom. The molecule has 0 aliphatic heterocycles. The summed E-state index contributed by atoms with van der Waals surface area (Å²) < 4.78 is 59.8. The van der Waals surface area contributed by atoms with Crippen molar-refractivity contribution in [1.82, 2.24) is 0 Å². The van der Waals surface area contributed by atoms with Crippen LogP contribution in [0.25, 0.3) is 0 Å². The second-order valence-corrected chi connectivity index (χ2v) is 8.34. The quantitative estimate of drug-likeness (QED) is 0.783. The molecule has 1 aromatic rings. The summed E-state index contributed by atoms with van der Waals surface area (Å²) in [5.74, 6) is -2.78. The number of phenolic OH excluding ortho intramolecular Hbond substituents is 1. The maximum Gasteiger partial charge on any atom is 0.233 e. The van der Waals surface area contributed by atoms with E-state index in [1.807, 2.05) is 4.72 Å². The molecule has 0 radical (unpaired) electrons. The third-order valence-electron chi connectivity index (χ3n) is 2.02. The van der Waals surface area contributed by atoms with Crippen LogP contribution in [0.5, 0.6) is 5.75 Å². The van der Waals surface area contributed by atoms with Crippen molar-refractivity contribution in [3.8, 4) is 5.75 Å². The molecule has 0 unspecified atom stereocenters. The van der Waals surface area contributed by atoms with E-state index in [0.717, 1.165) is 18.4 Å². The van der Waals surface area contributed by atoms with Crippen molar-refractivity contribution in [1.29, 1.82) is 0 Å². The zero-order chi connectivity index (χ0) is 14.8. The molecule has 1 aromatic carbocycles. The van der Waals surface area contributed by atoms with Crippen molar-refractivity contribution in [2.45, 2.75) is 0 Å². The molecule has 0 bridgehead atoms. The lowest BCUT2D eigenvalue weighted by Gasteiger charge is -2.10. The van der Waals surface area contributed by atoms with Gasteiger partial charge in [0.15, 0.2) is 5.75 Å². The van der Waals surface area contributed by atoms with Crippen molar-refractivity contribution >= 4 is 37.1 Å². The molecule has 0 aliphatic rings. The third-order valence-corrected chi connectivity index (χ3v) is 4.78. The van der Waals surface area contributed by atoms with Gasteiger partial charge in [-0.25, -0.2) is 21.2 Å². The third kappa shape index (κ3) is 5.21. The summed E-state index contributed by atoms with van der Waals surface area (Å²) in [6.45, 7) is 0. The lowest BCUT2D eigenvalue weighted by Crippen LogP contribution is -2.22. The Hall–Kier alpha value is -1.06. The highest BCUT2D eigenvalue weighted by Crippen LogP contribution is 2.33. The molecule has 0 aliphatic carbocycles. The molecular weight excluding hydrogens is 321 g/mol. The second kappa shape index (κ2) is 5.51. The number of nitrogens with one attached hydrogen (secondary N) is 1. The SMILES string of the molecule is CS(=O)(=O)CCS(=O)(=O)Nc1cc(F)cc(Cl)c1O. The van der Waals surface area contributed by atoms with Gasteiger partial charge in [0, 0.05) is 12.3 Å². The maximum atomic E-state index is 13.0. The van der Waals surface area contributed by atoms with E-state index in [0.29, 0.717) is 0 Å². The van der Waals surface area contributed by atoms with Crippen LogP contribution in [0.4, 0.5) is 10.1 Å². The molecule has 0 fully saturated rings. The highest BCUT2D eigenvalue weighted by Gasteiger charge is 2.18. The molecule has 0 aromatic heterocycles. The van der Waals surface area contributed by atoms with Gasteiger partial charge in [-0.3, -0.25) is 4.72 Å². The van der Waals surface area contributed by atoms with Crippen LogP contribution >= 0.6 is 11.6 Å². The van der Waals surface area contributed by atoms with Gasteiger partial charge >= 0.3 is 0 Å². The van der Waals surface area contributed by atoms with Gasteiger partial charge in [0.25, 0.3) is 0 Å². The summed E-state index contributed by atoms with van der Waals surface area (Å²) in [5, 5.41) is 9.11. The number of halogens is 2. The molecule has 0 heterocycles. The number of aromatic hydroxyl groups is 1. The second-order valence-electron chi connectivity index (χ2n) is 3.83. The average Bonchev–Trinajstić information content (AvgIpc) is 2.21. The van der Waals surface area contributed by atoms with E-state index in [1.165, 1.54) is 0 Å². The predicted octanol–water partition coefficient (Wildman–Crippen LogP) is 0.971. The number of sulfonamides is 1. The van der Waals surface area contributed by atoms with Crippen molar-refractivity contribution in [3.63, 3.8) is 0 Å². The molecular formula is C9H11ClFNO5S2. The van der Waals surface area contributed by atoms with Crippen molar-refractivity contribution in [2.75, 3.05) is 22.5 Å². The molecule has 10 heteroatoms. The maximum absolute atomic E-state index is 13.0. The largest absolute Gasteiger partial charge is 0.504 e. The van der Waals surface area contributed by atoms with Gasteiger partial charge in [-0.2, -0.15) is 0 Å². The van der Waals surface area contributed by atoms with Gasteiger partial charge in [-0.05, 0) is 6.07 Å². The minimum absolute atomic E-state index is 0.360. The Labute approximate surface area is 115 Å². The molecule has 0 atom stereocenters. The van der Waals surface area contributed by atoms with E-state index >= 15 is 0 Å². The first-order valence-corrected chi connectivity index (χ1v) is 8.95. The minimum Gasteiger partial charge on any atom is -0.504 e. The van der Waals surface area contributed by atoms with E-state index in [9.17, 15) is 26.3 Å². The first-order chi connectivity index (χ1) is 8.50. The number of sulfone groups is 1. The Kier molecular flexibility index (Phi) is 4.64. The van der Waals surface area contributed by atoms with Crippen LogP contribution in [0, 0.1) is 5.82 Å². The van der Waals surface area contributed by atoms with Crippen LogP contribution in [0.1, 0.15) is 0 Å². The molecule has 0 spiro atoms. The summed E-state index contributed by atoms with van der Waals surface area (Å²) in [7, 11) is -7.50. The monoisotopic (exact) mass is 331 g/mol. The first-order valence-electron chi connectivity index (χ1n) is 4.86. The fourth-order valence-electron chi connectivity index (χ4n) is 1.12. The fraction of sp³-hybridized carbons (Fsp3) is 0.333. The van der Waals surface area contributed by atoms with Crippen LogP contribution in [0.3, 0.4) is 0 Å². The zero-order valence-corrected chi connectivity index (χ0v) is 12.1. The highest BCUT2D eigenvalue weighted by atomic mass is 35.5. The van der Waals surface area contributed by atoms with Gasteiger partial charge in [0.2, 0.25) is 10.0 Å². The average molecular weight is 332 g/mol. The lowest BCUT2D eigenvalue weighted by atomic mass is 10.3. The van der Waals surface area contributed by atoms with Gasteiger partial charge in [-0.15, -0.1) is 0 Å². The van der Waals surface area contributed by atoms with Crippen LogP contribution in [0.2, 0.25) is 5.02 Å². The Bertz CT molecular complexity index is 687. The number of hydrogen-bond donors (Lipinski definition) is 2. The number of hydrogen-bond acceptors (Lipinski definition) is 5. The van der Waals surface area contributed by atoms with E-state index in [4.69, 9.17) is 11.6 Å². The zero-order valence-electron chi connectivity index (χ0n) is 9.72. The Morgan fingerprint density at radius 2 is 1.84 bits per heavy atom. The lowest BCUT2D eigenvalue weighted by molar-refractivity contribution is 0.476. The smallest absolute Gasteiger partial charge is 0.233 e. The summed E-state index contributed by atoms with van der Waals surface area (Å²) in [6.07, 6.45) is 0.888. The van der Waals surface area contributed by atoms with Crippen molar-refractivity contribution in [3.05, 3.63) is 23.0 Å². The van der Waals surface area contributed by atoms with Crippen LogP contribution in [-0.2, 0) is 19.9 Å². The summed E-state index contributed by atoms with van der Waals surface area (Å²) in [6, 6.07) is 1.55. The van der Waals surface area contributed by atoms with Gasteiger partial charge in [-0.1, -0.05) is 11.6 Å². The Morgan fingerprint density at radius 3 is 2.37 bits per heavy atom. The van der Waals surface area contributed by atoms with Crippen LogP contribution in [0.15, 0.2) is 12.1 Å². The molecule has 108 valence electrons.